The smallest absolute Gasteiger partial charge is 0.171 e. The summed E-state index contributed by atoms with van der Waals surface area (Å²) >= 11 is 1.27. The van der Waals surface area contributed by atoms with E-state index in [1.165, 1.54) is 18.3 Å². The molecule has 1 fully saturated rings. The number of carbonyl (C=O) groups is 1. The van der Waals surface area contributed by atoms with Crippen LogP contribution in [0.2, 0.25) is 0 Å². The number of nitrogens with two attached hydrogens (primary N) is 1. The van der Waals surface area contributed by atoms with Crippen molar-refractivity contribution in [2.24, 2.45) is 0 Å². The number of ketones is 1. The summed E-state index contributed by atoms with van der Waals surface area (Å²) in [7, 11) is 0. The van der Waals surface area contributed by atoms with Crippen LogP contribution in [-0.4, -0.2) is 30.1 Å². The van der Waals surface area contributed by atoms with E-state index in [4.69, 9.17) is 11.0 Å². The highest BCUT2D eigenvalue weighted by atomic mass is 32.1. The number of thiophene rings is 1. The van der Waals surface area contributed by atoms with E-state index in [0.717, 1.165) is 5.00 Å². The van der Waals surface area contributed by atoms with Gasteiger partial charge in [-0.05, 0) is 12.8 Å². The van der Waals surface area contributed by atoms with Crippen molar-refractivity contribution < 1.29 is 9.90 Å². The number of anilines is 2. The van der Waals surface area contributed by atoms with Gasteiger partial charge in [-0.25, -0.2) is 0 Å². The second-order valence-electron chi connectivity index (χ2n) is 4.41. The number of Topliss-reactive ketones (excluding diaryl/α,β-unsaturated/α-hetero) is 1. The molecule has 2 heterocycles. The van der Waals surface area contributed by atoms with Crippen molar-refractivity contribution in [2.75, 3.05) is 23.7 Å². The van der Waals surface area contributed by atoms with Crippen LogP contribution in [0.25, 0.3) is 0 Å². The van der Waals surface area contributed by atoms with Gasteiger partial charge in [-0.2, -0.15) is 5.26 Å². The van der Waals surface area contributed by atoms with E-state index in [-0.39, 0.29) is 17.6 Å². The number of nitrogen functional groups attached to an aromatic ring is 1. The molecule has 0 aromatic carbocycles. The van der Waals surface area contributed by atoms with Gasteiger partial charge in [0.1, 0.15) is 16.6 Å². The van der Waals surface area contributed by atoms with Gasteiger partial charge in [-0.15, -0.1) is 11.3 Å². The number of carbonyl (C=O) groups excluding carboxylic acids is 1. The van der Waals surface area contributed by atoms with E-state index in [1.54, 1.807) is 0 Å². The molecule has 0 saturated carbocycles. The van der Waals surface area contributed by atoms with Crippen LogP contribution in [0.15, 0.2) is 0 Å². The third-order valence-corrected chi connectivity index (χ3v) is 4.48. The first-order valence-corrected chi connectivity index (χ1v) is 6.62. The van der Waals surface area contributed by atoms with Gasteiger partial charge in [0.15, 0.2) is 5.78 Å². The fraction of sp³-hybridized carbons (Fsp3) is 0.500. The van der Waals surface area contributed by atoms with E-state index >= 15 is 0 Å². The molecule has 0 aliphatic carbocycles. The number of piperidine rings is 1. The monoisotopic (exact) mass is 265 g/mol. The molecule has 1 saturated heterocycles. The summed E-state index contributed by atoms with van der Waals surface area (Å²) in [5, 5.41) is 19.4. The lowest BCUT2D eigenvalue weighted by Crippen LogP contribution is -2.35. The van der Waals surface area contributed by atoms with Crippen LogP contribution in [-0.2, 0) is 0 Å². The quantitative estimate of drug-likeness (QED) is 0.788. The zero-order valence-electron chi connectivity index (χ0n) is 10.1. The van der Waals surface area contributed by atoms with Gasteiger partial charge < -0.3 is 15.7 Å². The molecule has 6 heteroatoms. The first kappa shape index (κ1) is 12.9. The molecule has 0 spiro atoms. The van der Waals surface area contributed by atoms with Crippen molar-refractivity contribution in [3.05, 3.63) is 10.4 Å². The predicted octanol–water partition coefficient (Wildman–Crippen LogP) is 1.37. The summed E-state index contributed by atoms with van der Waals surface area (Å²) in [4.78, 5) is 13.9. The Morgan fingerprint density at radius 2 is 2.17 bits per heavy atom. The molecule has 1 aliphatic rings. The van der Waals surface area contributed by atoms with Crippen LogP contribution in [0.3, 0.4) is 0 Å². The number of hydrogen-bond donors (Lipinski definition) is 2. The van der Waals surface area contributed by atoms with E-state index in [1.807, 2.05) is 4.90 Å². The molecule has 3 N–H and O–H groups in total. The fourth-order valence-electron chi connectivity index (χ4n) is 2.09. The Morgan fingerprint density at radius 3 is 2.67 bits per heavy atom. The summed E-state index contributed by atoms with van der Waals surface area (Å²) in [5.74, 6) is -0.114. The van der Waals surface area contributed by atoms with Crippen molar-refractivity contribution in [3.63, 3.8) is 0 Å². The molecule has 2 rings (SSSR count). The zero-order valence-corrected chi connectivity index (χ0v) is 11.0. The Morgan fingerprint density at radius 1 is 1.56 bits per heavy atom. The van der Waals surface area contributed by atoms with Crippen LogP contribution < -0.4 is 10.6 Å². The number of aliphatic hydroxyl groups is 1. The molecule has 0 amide bonds. The van der Waals surface area contributed by atoms with Crippen molar-refractivity contribution in [2.45, 2.75) is 25.9 Å². The van der Waals surface area contributed by atoms with Crippen LogP contribution in [0.4, 0.5) is 10.7 Å². The van der Waals surface area contributed by atoms with E-state index in [0.29, 0.717) is 36.4 Å². The third kappa shape index (κ3) is 2.19. The number of aliphatic hydroxyl groups excluding tert-OH is 1. The lowest BCUT2D eigenvalue weighted by atomic mass is 10.1. The molecule has 1 aromatic heterocycles. The largest absolute Gasteiger partial charge is 0.396 e. The highest BCUT2D eigenvalue weighted by molar-refractivity contribution is 7.19. The minimum absolute atomic E-state index is 0.114. The van der Waals surface area contributed by atoms with Gasteiger partial charge in [0, 0.05) is 20.0 Å². The summed E-state index contributed by atoms with van der Waals surface area (Å²) in [6.45, 7) is 2.83. The topological polar surface area (TPSA) is 90.4 Å². The maximum Gasteiger partial charge on any atom is 0.171 e. The number of hydrogen-bond acceptors (Lipinski definition) is 6. The van der Waals surface area contributed by atoms with Crippen molar-refractivity contribution in [1.82, 2.24) is 0 Å². The Kier molecular flexibility index (Phi) is 3.55. The second-order valence-corrected chi connectivity index (χ2v) is 5.41. The van der Waals surface area contributed by atoms with Gasteiger partial charge in [0.2, 0.25) is 0 Å². The van der Waals surface area contributed by atoms with Gasteiger partial charge in [-0.3, -0.25) is 4.79 Å². The number of nitrogens with zero attached hydrogens (tertiary/aromatic N) is 2. The van der Waals surface area contributed by atoms with Crippen LogP contribution >= 0.6 is 11.3 Å². The van der Waals surface area contributed by atoms with Gasteiger partial charge >= 0.3 is 0 Å². The number of rotatable bonds is 2. The second kappa shape index (κ2) is 4.96. The van der Waals surface area contributed by atoms with Crippen LogP contribution in [0.1, 0.15) is 35.0 Å². The summed E-state index contributed by atoms with van der Waals surface area (Å²) in [5.41, 5.74) is 6.52. The molecule has 18 heavy (non-hydrogen) atoms. The Bertz CT molecular complexity index is 510. The van der Waals surface area contributed by atoms with Gasteiger partial charge in [0.25, 0.3) is 0 Å². The van der Waals surface area contributed by atoms with Crippen molar-refractivity contribution >= 4 is 27.8 Å². The maximum absolute atomic E-state index is 11.4. The van der Waals surface area contributed by atoms with Crippen LogP contribution in [0, 0.1) is 11.3 Å². The van der Waals surface area contributed by atoms with Crippen molar-refractivity contribution in [3.8, 4) is 6.07 Å². The van der Waals surface area contributed by atoms with E-state index in [2.05, 4.69) is 6.07 Å². The molecule has 1 aliphatic heterocycles. The van der Waals surface area contributed by atoms with Gasteiger partial charge in [0.05, 0.1) is 16.7 Å². The fourth-order valence-corrected chi connectivity index (χ4v) is 3.21. The van der Waals surface area contributed by atoms with Crippen molar-refractivity contribution in [1.29, 1.82) is 5.26 Å². The first-order chi connectivity index (χ1) is 8.54. The lowest BCUT2D eigenvalue weighted by molar-refractivity contribution is 0.102. The molecule has 0 atom stereocenters. The predicted molar refractivity (Wildman–Crippen MR) is 70.9 cm³/mol. The zero-order chi connectivity index (χ0) is 13.3. The third-order valence-electron chi connectivity index (χ3n) is 3.11. The standard InChI is InChI=1S/C12H15N3O2S/c1-7(16)11-10(14)9(6-13)12(18-11)15-4-2-8(17)3-5-15/h8,17H,2-5,14H2,1H3. The summed E-state index contributed by atoms with van der Waals surface area (Å²) < 4.78 is 0. The molecular weight excluding hydrogens is 250 g/mol. The minimum Gasteiger partial charge on any atom is -0.396 e. The number of nitriles is 1. The molecule has 5 nitrogen and oxygen atoms in total. The maximum atomic E-state index is 11.4. The lowest BCUT2D eigenvalue weighted by Gasteiger charge is -2.30. The Labute approximate surface area is 109 Å². The Hall–Kier alpha value is -1.58. The highest BCUT2D eigenvalue weighted by Gasteiger charge is 2.25. The van der Waals surface area contributed by atoms with E-state index < -0.39 is 0 Å². The van der Waals surface area contributed by atoms with E-state index in [9.17, 15) is 9.90 Å². The molecule has 1 aromatic rings. The minimum atomic E-state index is -0.267. The molecular formula is C12H15N3O2S. The Balaban J connectivity index is 2.36. The highest BCUT2D eigenvalue weighted by Crippen LogP contribution is 2.39. The molecule has 0 unspecified atom stereocenters. The molecule has 96 valence electrons. The molecule has 0 bridgehead atoms. The average Bonchev–Trinajstić information content (AvgIpc) is 2.67. The molecule has 0 radical (unpaired) electrons. The average molecular weight is 265 g/mol. The first-order valence-electron chi connectivity index (χ1n) is 5.81. The summed E-state index contributed by atoms with van der Waals surface area (Å²) in [6, 6.07) is 2.08. The normalized spacial score (nSPS) is 16.6. The SMILES string of the molecule is CC(=O)c1sc(N2CCC(O)CC2)c(C#N)c1N. The van der Waals surface area contributed by atoms with Crippen LogP contribution in [0.5, 0.6) is 0 Å². The summed E-state index contributed by atoms with van der Waals surface area (Å²) in [6.07, 6.45) is 1.09. The van der Waals surface area contributed by atoms with Gasteiger partial charge in [-0.1, -0.05) is 0 Å².